The molecule has 0 aliphatic carbocycles. The number of hydrogen-bond acceptors (Lipinski definition) is 3. The van der Waals surface area contributed by atoms with Gasteiger partial charge in [-0.15, -0.1) is 0 Å². The summed E-state index contributed by atoms with van der Waals surface area (Å²) < 4.78 is 0. The van der Waals surface area contributed by atoms with Gasteiger partial charge in [-0.1, -0.05) is 11.6 Å². The molecule has 0 heterocycles. The average Bonchev–Trinajstić information content (AvgIpc) is 2.60. The van der Waals surface area contributed by atoms with E-state index in [-0.39, 0.29) is 18.2 Å². The number of nitrogens with two attached hydrogens (primary N) is 1. The largest absolute Gasteiger partial charge is 0.352 e. The second-order valence-electron chi connectivity index (χ2n) is 5.48. The number of hydrogen-bond donors (Lipinski definition) is 4. The van der Waals surface area contributed by atoms with Crippen molar-refractivity contribution in [3.05, 3.63) is 59.1 Å². The Hall–Kier alpha value is -3.06. The molecule has 0 saturated heterocycles. The molecule has 8 heteroatoms. The van der Waals surface area contributed by atoms with Crippen LogP contribution in [0.2, 0.25) is 5.02 Å². The lowest BCUT2D eigenvalue weighted by Gasteiger charge is -2.08. The van der Waals surface area contributed by atoms with Gasteiger partial charge in [0.2, 0.25) is 5.91 Å². The van der Waals surface area contributed by atoms with Crippen molar-refractivity contribution in [2.24, 2.45) is 5.73 Å². The molecule has 0 unspecified atom stereocenters. The standard InChI is InChI=1S/C18H19ClN4O3/c19-13-5-3-12(4-6-13)17(25)21-11-1-2-16(24)22-14-7-9-15(10-8-14)23-18(20)26/h3-10H,1-2,11H2,(H,21,25)(H,22,24)(H3,20,23,26). The fraction of sp³-hybridized carbons (Fsp3) is 0.167. The first-order chi connectivity index (χ1) is 12.4. The van der Waals surface area contributed by atoms with E-state index in [4.69, 9.17) is 17.3 Å². The van der Waals surface area contributed by atoms with E-state index in [1.54, 1.807) is 48.5 Å². The number of nitrogens with one attached hydrogen (secondary N) is 3. The molecule has 5 N–H and O–H groups in total. The van der Waals surface area contributed by atoms with Crippen molar-refractivity contribution in [1.29, 1.82) is 0 Å². The van der Waals surface area contributed by atoms with E-state index in [1.807, 2.05) is 0 Å². The Morgan fingerprint density at radius 3 is 2.04 bits per heavy atom. The summed E-state index contributed by atoms with van der Waals surface area (Å²) in [7, 11) is 0. The molecule has 0 radical (unpaired) electrons. The second kappa shape index (κ2) is 9.43. The highest BCUT2D eigenvalue weighted by Crippen LogP contribution is 2.14. The molecule has 0 aliphatic rings. The Bertz CT molecular complexity index is 776. The monoisotopic (exact) mass is 374 g/mol. The van der Waals surface area contributed by atoms with Crippen LogP contribution in [-0.4, -0.2) is 24.4 Å². The quantitative estimate of drug-likeness (QED) is 0.558. The van der Waals surface area contributed by atoms with Crippen LogP contribution < -0.4 is 21.7 Å². The van der Waals surface area contributed by atoms with Gasteiger partial charge in [0.05, 0.1) is 0 Å². The van der Waals surface area contributed by atoms with E-state index in [0.29, 0.717) is 34.9 Å². The first-order valence-corrected chi connectivity index (χ1v) is 8.32. The fourth-order valence-electron chi connectivity index (χ4n) is 2.16. The van der Waals surface area contributed by atoms with Gasteiger partial charge in [0.25, 0.3) is 5.91 Å². The molecular weight excluding hydrogens is 356 g/mol. The number of anilines is 2. The number of benzene rings is 2. The zero-order valence-corrected chi connectivity index (χ0v) is 14.7. The van der Waals surface area contributed by atoms with Gasteiger partial charge in [0, 0.05) is 34.9 Å². The summed E-state index contributed by atoms with van der Waals surface area (Å²) >= 11 is 5.78. The summed E-state index contributed by atoms with van der Waals surface area (Å²) in [6, 6.07) is 12.5. The number of primary amides is 1. The molecule has 136 valence electrons. The first kappa shape index (κ1) is 19.3. The number of amides is 4. The van der Waals surface area contributed by atoms with Crippen molar-refractivity contribution < 1.29 is 14.4 Å². The van der Waals surface area contributed by atoms with Crippen LogP contribution in [0.4, 0.5) is 16.2 Å². The van der Waals surface area contributed by atoms with Crippen molar-refractivity contribution in [2.75, 3.05) is 17.2 Å². The van der Waals surface area contributed by atoms with Crippen LogP contribution in [0.15, 0.2) is 48.5 Å². The van der Waals surface area contributed by atoms with Crippen molar-refractivity contribution >= 4 is 40.8 Å². The maximum absolute atomic E-state index is 11.9. The Labute approximate surface area is 155 Å². The first-order valence-electron chi connectivity index (χ1n) is 7.94. The Balaban J connectivity index is 1.69. The van der Waals surface area contributed by atoms with Gasteiger partial charge in [-0.05, 0) is 55.0 Å². The van der Waals surface area contributed by atoms with Gasteiger partial charge < -0.3 is 21.7 Å². The van der Waals surface area contributed by atoms with E-state index in [9.17, 15) is 14.4 Å². The van der Waals surface area contributed by atoms with Crippen LogP contribution >= 0.6 is 11.6 Å². The lowest BCUT2D eigenvalue weighted by Crippen LogP contribution is -2.25. The average molecular weight is 375 g/mol. The third-order valence-corrected chi connectivity index (χ3v) is 3.66. The molecule has 4 amide bonds. The molecule has 2 aromatic carbocycles. The lowest BCUT2D eigenvalue weighted by atomic mass is 10.2. The molecule has 0 bridgehead atoms. The number of carbonyl (C=O) groups excluding carboxylic acids is 3. The highest BCUT2D eigenvalue weighted by Gasteiger charge is 2.06. The molecule has 0 atom stereocenters. The highest BCUT2D eigenvalue weighted by molar-refractivity contribution is 6.30. The zero-order valence-electron chi connectivity index (χ0n) is 13.9. The maximum Gasteiger partial charge on any atom is 0.316 e. The summed E-state index contributed by atoms with van der Waals surface area (Å²) in [5.41, 5.74) is 6.69. The molecule has 26 heavy (non-hydrogen) atoms. The van der Waals surface area contributed by atoms with Crippen LogP contribution in [-0.2, 0) is 4.79 Å². The highest BCUT2D eigenvalue weighted by atomic mass is 35.5. The number of urea groups is 1. The Morgan fingerprint density at radius 2 is 1.46 bits per heavy atom. The molecular formula is C18H19ClN4O3. The van der Waals surface area contributed by atoms with E-state index in [1.165, 1.54) is 0 Å². The van der Waals surface area contributed by atoms with Gasteiger partial charge in [0.15, 0.2) is 0 Å². The summed E-state index contributed by atoms with van der Waals surface area (Å²) in [5, 5.41) is 8.49. The van der Waals surface area contributed by atoms with Gasteiger partial charge in [0.1, 0.15) is 0 Å². The van der Waals surface area contributed by atoms with Crippen molar-refractivity contribution in [3.63, 3.8) is 0 Å². The minimum atomic E-state index is -0.651. The summed E-state index contributed by atoms with van der Waals surface area (Å²) in [4.78, 5) is 34.5. The topological polar surface area (TPSA) is 113 Å². The molecule has 0 saturated carbocycles. The fourth-order valence-corrected chi connectivity index (χ4v) is 2.28. The van der Waals surface area contributed by atoms with E-state index in [2.05, 4.69) is 16.0 Å². The molecule has 0 aliphatic heterocycles. The zero-order chi connectivity index (χ0) is 18.9. The normalized spacial score (nSPS) is 10.0. The number of rotatable bonds is 7. The van der Waals surface area contributed by atoms with Crippen LogP contribution in [0.5, 0.6) is 0 Å². The van der Waals surface area contributed by atoms with E-state index >= 15 is 0 Å². The molecule has 0 fully saturated rings. The second-order valence-corrected chi connectivity index (χ2v) is 5.92. The minimum Gasteiger partial charge on any atom is -0.352 e. The third-order valence-electron chi connectivity index (χ3n) is 3.41. The number of carbonyl (C=O) groups is 3. The Morgan fingerprint density at radius 1 is 0.885 bits per heavy atom. The van der Waals surface area contributed by atoms with E-state index < -0.39 is 6.03 Å². The van der Waals surface area contributed by atoms with E-state index in [0.717, 1.165) is 0 Å². The summed E-state index contributed by atoms with van der Waals surface area (Å²) in [5.74, 6) is -0.374. The van der Waals surface area contributed by atoms with Crippen molar-refractivity contribution in [3.8, 4) is 0 Å². The molecule has 2 aromatic rings. The predicted molar refractivity (Wildman–Crippen MR) is 101 cm³/mol. The molecule has 2 rings (SSSR count). The Kier molecular flexibility index (Phi) is 6.99. The summed E-state index contributed by atoms with van der Waals surface area (Å²) in [6.07, 6.45) is 0.772. The molecule has 0 spiro atoms. The van der Waals surface area contributed by atoms with Gasteiger partial charge in [-0.25, -0.2) is 4.79 Å². The SMILES string of the molecule is NC(=O)Nc1ccc(NC(=O)CCCNC(=O)c2ccc(Cl)cc2)cc1. The smallest absolute Gasteiger partial charge is 0.316 e. The molecule has 0 aromatic heterocycles. The lowest BCUT2D eigenvalue weighted by molar-refractivity contribution is -0.116. The maximum atomic E-state index is 11.9. The van der Waals surface area contributed by atoms with Gasteiger partial charge >= 0.3 is 6.03 Å². The van der Waals surface area contributed by atoms with Gasteiger partial charge in [-0.2, -0.15) is 0 Å². The molecule has 7 nitrogen and oxygen atoms in total. The van der Waals surface area contributed by atoms with Crippen LogP contribution in [0.3, 0.4) is 0 Å². The number of halogens is 1. The third kappa shape index (κ3) is 6.45. The van der Waals surface area contributed by atoms with Gasteiger partial charge in [-0.3, -0.25) is 9.59 Å². The van der Waals surface area contributed by atoms with Crippen LogP contribution in [0.1, 0.15) is 23.2 Å². The minimum absolute atomic E-state index is 0.165. The van der Waals surface area contributed by atoms with Crippen molar-refractivity contribution in [2.45, 2.75) is 12.8 Å². The van der Waals surface area contributed by atoms with Crippen LogP contribution in [0, 0.1) is 0 Å². The van der Waals surface area contributed by atoms with Crippen molar-refractivity contribution in [1.82, 2.24) is 5.32 Å². The summed E-state index contributed by atoms with van der Waals surface area (Å²) in [6.45, 7) is 0.385. The van der Waals surface area contributed by atoms with Crippen LogP contribution in [0.25, 0.3) is 0 Å². The predicted octanol–water partition coefficient (Wildman–Crippen LogP) is 2.98.